The predicted octanol–water partition coefficient (Wildman–Crippen LogP) is 1.46. The van der Waals surface area contributed by atoms with E-state index >= 15 is 0 Å². The van der Waals surface area contributed by atoms with Crippen molar-refractivity contribution >= 4 is 5.97 Å². The van der Waals surface area contributed by atoms with Gasteiger partial charge in [-0.05, 0) is 24.1 Å². The number of hydrogen-bond donors (Lipinski definition) is 1. The molecule has 4 nitrogen and oxygen atoms in total. The fourth-order valence-corrected chi connectivity index (χ4v) is 1.19. The maximum Gasteiger partial charge on any atom is 0.321 e. The van der Waals surface area contributed by atoms with E-state index in [0.29, 0.717) is 5.75 Å². The molecule has 0 saturated carbocycles. The molecule has 1 aromatic rings. The number of rotatable bonds is 4. The number of carboxylic acid groups (broad SMARTS) is 1. The summed E-state index contributed by atoms with van der Waals surface area (Å²) in [5.74, 6) is -1.37. The lowest BCUT2D eigenvalue weighted by Crippen LogP contribution is -2.14. The highest BCUT2D eigenvalue weighted by atomic mass is 16.5. The lowest BCUT2D eigenvalue weighted by molar-refractivity contribution is -0.139. The Morgan fingerprint density at radius 1 is 1.53 bits per heavy atom. The van der Waals surface area contributed by atoms with Crippen molar-refractivity contribution in [1.82, 2.24) is 0 Å². The van der Waals surface area contributed by atoms with E-state index in [1.54, 1.807) is 37.4 Å². The summed E-state index contributed by atoms with van der Waals surface area (Å²) in [7, 11) is 1.56. The van der Waals surface area contributed by atoms with Crippen LogP contribution in [0.15, 0.2) is 24.3 Å². The van der Waals surface area contributed by atoms with Crippen LogP contribution in [0.2, 0.25) is 0 Å². The molecule has 0 spiro atoms. The molecule has 0 aliphatic rings. The van der Waals surface area contributed by atoms with Crippen molar-refractivity contribution in [3.8, 4) is 11.8 Å². The first-order valence-corrected chi connectivity index (χ1v) is 4.42. The normalized spacial score (nSPS) is 11.5. The molecule has 1 aromatic carbocycles. The number of nitriles is 1. The van der Waals surface area contributed by atoms with Gasteiger partial charge in [0, 0.05) is 0 Å². The second kappa shape index (κ2) is 5.01. The third-order valence-electron chi connectivity index (χ3n) is 2.05. The Kier molecular flexibility index (Phi) is 3.69. The number of hydrogen-bond acceptors (Lipinski definition) is 3. The third kappa shape index (κ3) is 2.99. The van der Waals surface area contributed by atoms with E-state index < -0.39 is 11.9 Å². The number of methoxy groups -OCH3 is 1. The van der Waals surface area contributed by atoms with Crippen molar-refractivity contribution in [3.63, 3.8) is 0 Å². The lowest BCUT2D eigenvalue weighted by Gasteiger charge is -2.05. The highest BCUT2D eigenvalue weighted by Crippen LogP contribution is 2.14. The van der Waals surface area contributed by atoms with Gasteiger partial charge in [0.1, 0.15) is 11.7 Å². The zero-order chi connectivity index (χ0) is 11.3. The van der Waals surface area contributed by atoms with Crippen molar-refractivity contribution in [3.05, 3.63) is 29.8 Å². The number of aliphatic carboxylic acids is 1. The molecule has 0 bridgehead atoms. The van der Waals surface area contributed by atoms with Gasteiger partial charge in [0.05, 0.1) is 13.2 Å². The Hall–Kier alpha value is -2.02. The van der Waals surface area contributed by atoms with Crippen LogP contribution in [-0.4, -0.2) is 18.2 Å². The summed E-state index contributed by atoms with van der Waals surface area (Å²) in [4.78, 5) is 10.6. The van der Waals surface area contributed by atoms with E-state index in [1.165, 1.54) is 0 Å². The van der Waals surface area contributed by atoms with E-state index in [9.17, 15) is 4.79 Å². The van der Waals surface area contributed by atoms with Gasteiger partial charge >= 0.3 is 5.97 Å². The number of benzene rings is 1. The maximum absolute atomic E-state index is 10.6. The first-order valence-electron chi connectivity index (χ1n) is 4.42. The highest BCUT2D eigenvalue weighted by molar-refractivity contribution is 5.73. The molecule has 0 heterocycles. The minimum Gasteiger partial charge on any atom is -0.497 e. The van der Waals surface area contributed by atoms with Crippen molar-refractivity contribution in [2.45, 2.75) is 6.42 Å². The first kappa shape index (κ1) is 11.1. The molecule has 0 unspecified atom stereocenters. The second-order valence-corrected chi connectivity index (χ2v) is 3.07. The van der Waals surface area contributed by atoms with Gasteiger partial charge < -0.3 is 9.84 Å². The monoisotopic (exact) mass is 205 g/mol. The Bertz CT molecular complexity index is 378. The van der Waals surface area contributed by atoms with Gasteiger partial charge in [0.15, 0.2) is 0 Å². The van der Waals surface area contributed by atoms with Gasteiger partial charge in [0.2, 0.25) is 0 Å². The quantitative estimate of drug-likeness (QED) is 0.807. The molecule has 78 valence electrons. The molecule has 4 heteroatoms. The van der Waals surface area contributed by atoms with E-state index in [2.05, 4.69) is 0 Å². The van der Waals surface area contributed by atoms with Gasteiger partial charge in [0.25, 0.3) is 0 Å². The molecule has 1 rings (SSSR count). The van der Waals surface area contributed by atoms with Crippen LogP contribution in [0.25, 0.3) is 0 Å². The smallest absolute Gasteiger partial charge is 0.321 e. The van der Waals surface area contributed by atoms with Crippen LogP contribution in [0, 0.1) is 17.2 Å². The van der Waals surface area contributed by atoms with Crippen molar-refractivity contribution < 1.29 is 14.6 Å². The topological polar surface area (TPSA) is 70.3 Å². The van der Waals surface area contributed by atoms with Crippen LogP contribution in [0.4, 0.5) is 0 Å². The minimum atomic E-state index is -1.09. The summed E-state index contributed by atoms with van der Waals surface area (Å²) in [5.41, 5.74) is 0.810. The molecule has 0 amide bonds. The van der Waals surface area contributed by atoms with Crippen molar-refractivity contribution in [2.24, 2.45) is 5.92 Å². The number of ether oxygens (including phenoxy) is 1. The predicted molar refractivity (Wildman–Crippen MR) is 53.4 cm³/mol. The van der Waals surface area contributed by atoms with Gasteiger partial charge in [-0.25, -0.2) is 0 Å². The number of nitrogens with zero attached hydrogens (tertiary/aromatic N) is 1. The fraction of sp³-hybridized carbons (Fsp3) is 0.273. The van der Waals surface area contributed by atoms with Crippen LogP contribution in [0.1, 0.15) is 5.56 Å². The summed E-state index contributed by atoms with van der Waals surface area (Å²) < 4.78 is 4.97. The molecule has 0 aromatic heterocycles. The van der Waals surface area contributed by atoms with E-state index in [-0.39, 0.29) is 6.42 Å². The van der Waals surface area contributed by atoms with Gasteiger partial charge in [-0.2, -0.15) is 5.26 Å². The van der Waals surface area contributed by atoms with Gasteiger partial charge in [-0.1, -0.05) is 12.1 Å². The molecule has 0 aliphatic carbocycles. The Labute approximate surface area is 87.7 Å². The summed E-state index contributed by atoms with van der Waals surface area (Å²) in [6, 6.07) is 8.74. The molecule has 0 aliphatic heterocycles. The standard InChI is InChI=1S/C11H11NO3/c1-15-10-4-2-8(3-5-10)6-9(7-12)11(13)14/h2-5,9H,6H2,1H3,(H,13,14)/t9-/m0/s1. The zero-order valence-electron chi connectivity index (χ0n) is 8.30. The SMILES string of the molecule is COc1ccc(C[C@@H](C#N)C(=O)O)cc1. The van der Waals surface area contributed by atoms with Crippen LogP contribution in [0.3, 0.4) is 0 Å². The fourth-order valence-electron chi connectivity index (χ4n) is 1.19. The molecule has 1 N–H and O–H groups in total. The number of carboxylic acids is 1. The average Bonchev–Trinajstić information content (AvgIpc) is 2.26. The van der Waals surface area contributed by atoms with Crippen molar-refractivity contribution in [2.75, 3.05) is 7.11 Å². The number of carbonyl (C=O) groups is 1. The van der Waals surface area contributed by atoms with Gasteiger partial charge in [-0.15, -0.1) is 0 Å². The van der Waals surface area contributed by atoms with Crippen LogP contribution < -0.4 is 4.74 Å². The summed E-state index contributed by atoms with van der Waals surface area (Å²) >= 11 is 0. The molecule has 15 heavy (non-hydrogen) atoms. The van der Waals surface area contributed by atoms with Crippen LogP contribution >= 0.6 is 0 Å². The highest BCUT2D eigenvalue weighted by Gasteiger charge is 2.16. The van der Waals surface area contributed by atoms with E-state index in [1.807, 2.05) is 0 Å². The van der Waals surface area contributed by atoms with Gasteiger partial charge in [-0.3, -0.25) is 4.79 Å². The minimum absolute atomic E-state index is 0.218. The van der Waals surface area contributed by atoms with Crippen molar-refractivity contribution in [1.29, 1.82) is 5.26 Å². The molecule has 0 fully saturated rings. The molecule has 1 atom stereocenters. The first-order chi connectivity index (χ1) is 7.17. The van der Waals surface area contributed by atoms with Crippen LogP contribution in [-0.2, 0) is 11.2 Å². The zero-order valence-corrected chi connectivity index (χ0v) is 8.30. The Morgan fingerprint density at radius 3 is 2.53 bits per heavy atom. The third-order valence-corrected chi connectivity index (χ3v) is 2.05. The largest absolute Gasteiger partial charge is 0.497 e. The summed E-state index contributed by atoms with van der Waals surface area (Å²) in [6.07, 6.45) is 0.218. The van der Waals surface area contributed by atoms with E-state index in [0.717, 1.165) is 5.56 Å². The average molecular weight is 205 g/mol. The Morgan fingerprint density at radius 2 is 2.13 bits per heavy atom. The molecule has 0 saturated heterocycles. The molecule has 0 radical (unpaired) electrons. The summed E-state index contributed by atoms with van der Waals surface area (Å²) in [5, 5.41) is 17.3. The molecular formula is C11H11NO3. The van der Waals surface area contributed by atoms with Crippen LogP contribution in [0.5, 0.6) is 5.75 Å². The van der Waals surface area contributed by atoms with E-state index in [4.69, 9.17) is 15.1 Å². The maximum atomic E-state index is 10.6. The Balaban J connectivity index is 2.72. The second-order valence-electron chi connectivity index (χ2n) is 3.07. The summed E-state index contributed by atoms with van der Waals surface area (Å²) in [6.45, 7) is 0. The lowest BCUT2D eigenvalue weighted by atomic mass is 10.0. The molecular weight excluding hydrogens is 194 g/mol.